The summed E-state index contributed by atoms with van der Waals surface area (Å²) < 4.78 is 0. The molecule has 2 aromatic carbocycles. The molecule has 2 aromatic rings. The topological polar surface area (TPSA) is 23.5 Å². The molecule has 1 atom stereocenters. The molecule has 0 aliphatic carbocycles. The third-order valence-electron chi connectivity index (χ3n) is 3.55. The maximum absolute atomic E-state index is 8.97. The van der Waals surface area contributed by atoms with Crippen molar-refractivity contribution in [1.82, 2.24) is 4.90 Å². The van der Waals surface area contributed by atoms with Crippen LogP contribution in [0.4, 0.5) is 0 Å². The average Bonchev–Trinajstić information content (AvgIpc) is 2.54. The second-order valence-corrected chi connectivity index (χ2v) is 5.23. The molecule has 0 aromatic heterocycles. The SMILES string of the molecule is C[C@@H](/C=C\CO)N(Cc1ccccc1)Cc1ccccc1. The van der Waals surface area contributed by atoms with Gasteiger partial charge in [-0.05, 0) is 18.1 Å². The number of benzene rings is 2. The first-order valence-electron chi connectivity index (χ1n) is 7.39. The highest BCUT2D eigenvalue weighted by Crippen LogP contribution is 2.14. The molecule has 110 valence electrons. The monoisotopic (exact) mass is 281 g/mol. The Hall–Kier alpha value is -1.90. The van der Waals surface area contributed by atoms with E-state index in [1.807, 2.05) is 18.2 Å². The van der Waals surface area contributed by atoms with Gasteiger partial charge in [-0.2, -0.15) is 0 Å². The fourth-order valence-corrected chi connectivity index (χ4v) is 2.36. The Labute approximate surface area is 127 Å². The fourth-order valence-electron chi connectivity index (χ4n) is 2.36. The molecular weight excluding hydrogens is 258 g/mol. The Morgan fingerprint density at radius 2 is 1.38 bits per heavy atom. The molecule has 0 saturated heterocycles. The Morgan fingerprint density at radius 3 is 1.81 bits per heavy atom. The van der Waals surface area contributed by atoms with Gasteiger partial charge in [0.2, 0.25) is 0 Å². The number of hydrogen-bond donors (Lipinski definition) is 1. The summed E-state index contributed by atoms with van der Waals surface area (Å²) >= 11 is 0. The molecule has 2 heteroatoms. The van der Waals surface area contributed by atoms with Crippen molar-refractivity contribution in [2.45, 2.75) is 26.1 Å². The van der Waals surface area contributed by atoms with Crippen molar-refractivity contribution in [2.24, 2.45) is 0 Å². The van der Waals surface area contributed by atoms with Gasteiger partial charge in [0.1, 0.15) is 0 Å². The first-order valence-corrected chi connectivity index (χ1v) is 7.39. The maximum atomic E-state index is 8.97. The number of hydrogen-bond acceptors (Lipinski definition) is 2. The van der Waals surface area contributed by atoms with Gasteiger partial charge in [-0.1, -0.05) is 72.8 Å². The van der Waals surface area contributed by atoms with Crippen molar-refractivity contribution >= 4 is 0 Å². The average molecular weight is 281 g/mol. The predicted octanol–water partition coefficient (Wildman–Crippen LogP) is 3.63. The standard InChI is InChI=1S/C19H23NO/c1-17(9-8-14-21)20(15-18-10-4-2-5-11-18)16-19-12-6-3-7-13-19/h2-13,17,21H,14-16H2,1H3/b9-8-/t17-/m0/s1. The molecule has 0 bridgehead atoms. The van der Waals surface area contributed by atoms with Gasteiger partial charge in [-0.15, -0.1) is 0 Å². The maximum Gasteiger partial charge on any atom is 0.0612 e. The Balaban J connectivity index is 2.11. The number of aliphatic hydroxyl groups is 1. The van der Waals surface area contributed by atoms with Gasteiger partial charge in [0.05, 0.1) is 6.61 Å². The van der Waals surface area contributed by atoms with Crippen LogP contribution in [0.25, 0.3) is 0 Å². The van der Waals surface area contributed by atoms with Gasteiger partial charge >= 0.3 is 0 Å². The molecule has 0 aliphatic rings. The van der Waals surface area contributed by atoms with Gasteiger partial charge < -0.3 is 5.11 Å². The molecule has 0 amide bonds. The van der Waals surface area contributed by atoms with Crippen LogP contribution in [0.3, 0.4) is 0 Å². The van der Waals surface area contributed by atoms with Gasteiger partial charge in [0, 0.05) is 19.1 Å². The lowest BCUT2D eigenvalue weighted by atomic mass is 10.1. The highest BCUT2D eigenvalue weighted by Gasteiger charge is 2.12. The molecule has 0 heterocycles. The van der Waals surface area contributed by atoms with Crippen molar-refractivity contribution in [1.29, 1.82) is 0 Å². The smallest absolute Gasteiger partial charge is 0.0612 e. The van der Waals surface area contributed by atoms with E-state index >= 15 is 0 Å². The third-order valence-corrected chi connectivity index (χ3v) is 3.55. The molecule has 0 unspecified atom stereocenters. The van der Waals surface area contributed by atoms with Crippen LogP contribution < -0.4 is 0 Å². The zero-order valence-corrected chi connectivity index (χ0v) is 12.5. The van der Waals surface area contributed by atoms with Gasteiger partial charge in [0.15, 0.2) is 0 Å². The van der Waals surface area contributed by atoms with E-state index in [1.54, 1.807) is 0 Å². The minimum absolute atomic E-state index is 0.0921. The summed E-state index contributed by atoms with van der Waals surface area (Å²) in [5.41, 5.74) is 2.61. The van der Waals surface area contributed by atoms with Crippen LogP contribution in [-0.2, 0) is 13.1 Å². The molecule has 0 saturated carbocycles. The van der Waals surface area contributed by atoms with E-state index in [9.17, 15) is 0 Å². The van der Waals surface area contributed by atoms with E-state index in [0.29, 0.717) is 0 Å². The second-order valence-electron chi connectivity index (χ2n) is 5.23. The van der Waals surface area contributed by atoms with Crippen molar-refractivity contribution in [3.05, 3.63) is 83.9 Å². The summed E-state index contributed by atoms with van der Waals surface area (Å²) in [6.45, 7) is 4.05. The number of rotatable bonds is 7. The molecule has 1 N–H and O–H groups in total. The summed E-state index contributed by atoms with van der Waals surface area (Å²) in [5, 5.41) is 8.97. The fraction of sp³-hybridized carbons (Fsp3) is 0.263. The largest absolute Gasteiger partial charge is 0.392 e. The predicted molar refractivity (Wildman–Crippen MR) is 87.8 cm³/mol. The lowest BCUT2D eigenvalue weighted by molar-refractivity contribution is 0.222. The minimum Gasteiger partial charge on any atom is -0.392 e. The van der Waals surface area contributed by atoms with Crippen LogP contribution in [0, 0.1) is 0 Å². The molecule has 0 aliphatic heterocycles. The summed E-state index contributed by atoms with van der Waals surface area (Å²) in [6.07, 6.45) is 3.87. The zero-order valence-electron chi connectivity index (χ0n) is 12.5. The van der Waals surface area contributed by atoms with E-state index in [2.05, 4.69) is 66.4 Å². The summed E-state index contributed by atoms with van der Waals surface area (Å²) in [7, 11) is 0. The van der Waals surface area contributed by atoms with E-state index in [-0.39, 0.29) is 12.6 Å². The van der Waals surface area contributed by atoms with E-state index < -0.39 is 0 Å². The molecule has 21 heavy (non-hydrogen) atoms. The molecule has 0 spiro atoms. The molecule has 0 radical (unpaired) electrons. The van der Waals surface area contributed by atoms with Gasteiger partial charge in [0.25, 0.3) is 0 Å². The van der Waals surface area contributed by atoms with Crippen LogP contribution in [0.2, 0.25) is 0 Å². The highest BCUT2D eigenvalue weighted by atomic mass is 16.2. The molecule has 0 fully saturated rings. The Bertz CT molecular complexity index is 495. The van der Waals surface area contributed by atoms with Crippen molar-refractivity contribution in [2.75, 3.05) is 6.61 Å². The Morgan fingerprint density at radius 1 is 0.905 bits per heavy atom. The van der Waals surface area contributed by atoms with Crippen LogP contribution in [-0.4, -0.2) is 22.7 Å². The summed E-state index contributed by atoms with van der Waals surface area (Å²) in [5.74, 6) is 0. The van der Waals surface area contributed by atoms with Crippen molar-refractivity contribution < 1.29 is 5.11 Å². The van der Waals surface area contributed by atoms with Crippen LogP contribution >= 0.6 is 0 Å². The Kier molecular flexibility index (Phi) is 6.20. The van der Waals surface area contributed by atoms with Crippen LogP contribution in [0.1, 0.15) is 18.1 Å². The van der Waals surface area contributed by atoms with Crippen LogP contribution in [0.5, 0.6) is 0 Å². The van der Waals surface area contributed by atoms with E-state index in [4.69, 9.17) is 5.11 Å². The zero-order chi connectivity index (χ0) is 14.9. The third kappa shape index (κ3) is 5.18. The second kappa shape index (κ2) is 8.40. The summed E-state index contributed by atoms with van der Waals surface area (Å²) in [4.78, 5) is 2.40. The minimum atomic E-state index is 0.0921. The van der Waals surface area contributed by atoms with Crippen molar-refractivity contribution in [3.63, 3.8) is 0 Å². The molecule has 2 rings (SSSR count). The lowest BCUT2D eigenvalue weighted by Gasteiger charge is -2.27. The van der Waals surface area contributed by atoms with E-state index in [0.717, 1.165) is 13.1 Å². The molecule has 2 nitrogen and oxygen atoms in total. The summed E-state index contributed by atoms with van der Waals surface area (Å²) in [6, 6.07) is 21.3. The number of aliphatic hydroxyl groups excluding tert-OH is 1. The molecular formula is C19H23NO. The van der Waals surface area contributed by atoms with Crippen LogP contribution in [0.15, 0.2) is 72.8 Å². The first kappa shape index (κ1) is 15.5. The first-order chi connectivity index (χ1) is 10.3. The van der Waals surface area contributed by atoms with Crippen molar-refractivity contribution in [3.8, 4) is 0 Å². The van der Waals surface area contributed by atoms with E-state index in [1.165, 1.54) is 11.1 Å². The highest BCUT2D eigenvalue weighted by molar-refractivity contribution is 5.17. The lowest BCUT2D eigenvalue weighted by Crippen LogP contribution is -2.30. The quantitative estimate of drug-likeness (QED) is 0.783. The van der Waals surface area contributed by atoms with Gasteiger partial charge in [-0.25, -0.2) is 0 Å². The normalized spacial score (nSPS) is 12.9. The number of nitrogens with zero attached hydrogens (tertiary/aromatic N) is 1. The van der Waals surface area contributed by atoms with Gasteiger partial charge in [-0.3, -0.25) is 4.90 Å².